The van der Waals surface area contributed by atoms with Crippen LogP contribution in [0, 0.1) is 0 Å². The van der Waals surface area contributed by atoms with Crippen molar-refractivity contribution >= 4 is 28.9 Å². The fourth-order valence-corrected chi connectivity index (χ4v) is 1.89. The highest BCUT2D eigenvalue weighted by molar-refractivity contribution is 6.31. The lowest BCUT2D eigenvalue weighted by atomic mass is 10.2. The van der Waals surface area contributed by atoms with Gasteiger partial charge in [-0.1, -0.05) is 17.7 Å². The summed E-state index contributed by atoms with van der Waals surface area (Å²) in [5, 5.41) is 5.39. The molecule has 0 saturated heterocycles. The third kappa shape index (κ3) is 4.11. The molecule has 0 aliphatic carbocycles. The maximum Gasteiger partial charge on any atom is 0.417 e. The summed E-state index contributed by atoms with van der Waals surface area (Å²) in [7, 11) is 0. The van der Waals surface area contributed by atoms with Crippen LogP contribution < -0.4 is 10.6 Å². The summed E-state index contributed by atoms with van der Waals surface area (Å²) in [6.45, 7) is 4.08. The highest BCUT2D eigenvalue weighted by atomic mass is 35.5. The smallest absolute Gasteiger partial charge is 0.366 e. The van der Waals surface area contributed by atoms with Crippen molar-refractivity contribution in [1.82, 2.24) is 9.97 Å². The lowest BCUT2D eigenvalue weighted by molar-refractivity contribution is -0.137. The number of alkyl halides is 3. The normalized spacial score (nSPS) is 11.1. The summed E-state index contributed by atoms with van der Waals surface area (Å²) in [4.78, 5) is 7.93. The zero-order valence-electron chi connectivity index (χ0n) is 11.3. The molecule has 0 aliphatic heterocycles. The first-order valence-electron chi connectivity index (χ1n) is 6.20. The number of anilines is 3. The Labute approximate surface area is 130 Å². The van der Waals surface area contributed by atoms with Crippen molar-refractivity contribution in [2.75, 3.05) is 17.2 Å². The van der Waals surface area contributed by atoms with E-state index in [-0.39, 0.29) is 10.7 Å². The molecule has 8 heteroatoms. The predicted molar refractivity (Wildman–Crippen MR) is 80.5 cm³/mol. The SMILES string of the molecule is C=CCNc1cc(Nc2ccc(Cl)c(C(F)(F)F)c2)ncn1. The lowest BCUT2D eigenvalue weighted by Gasteiger charge is -2.12. The van der Waals surface area contributed by atoms with E-state index in [0.29, 0.717) is 18.2 Å². The van der Waals surface area contributed by atoms with E-state index in [1.165, 1.54) is 18.5 Å². The standard InChI is InChI=1S/C14H12ClF3N4/c1-2-5-19-12-7-13(21-8-20-12)22-9-3-4-11(15)10(6-9)14(16,17)18/h2-4,6-8H,1,5H2,(H2,19,20,21,22). The fraction of sp³-hybridized carbons (Fsp3) is 0.143. The molecule has 116 valence electrons. The Balaban J connectivity index is 2.22. The van der Waals surface area contributed by atoms with Crippen LogP contribution in [0.1, 0.15) is 5.56 Å². The van der Waals surface area contributed by atoms with E-state index in [0.717, 1.165) is 6.07 Å². The van der Waals surface area contributed by atoms with Crippen LogP contribution in [0.5, 0.6) is 0 Å². The van der Waals surface area contributed by atoms with Gasteiger partial charge in [0.25, 0.3) is 0 Å². The molecule has 0 saturated carbocycles. The van der Waals surface area contributed by atoms with Crippen LogP contribution in [0.3, 0.4) is 0 Å². The Kier molecular flexibility index (Phi) is 4.87. The second-order valence-electron chi connectivity index (χ2n) is 4.28. The van der Waals surface area contributed by atoms with Gasteiger partial charge >= 0.3 is 6.18 Å². The zero-order valence-corrected chi connectivity index (χ0v) is 12.0. The van der Waals surface area contributed by atoms with E-state index in [1.54, 1.807) is 12.1 Å². The van der Waals surface area contributed by atoms with E-state index < -0.39 is 11.7 Å². The first kappa shape index (κ1) is 16.1. The lowest BCUT2D eigenvalue weighted by Crippen LogP contribution is -2.07. The number of halogens is 4. The third-order valence-corrected chi connectivity index (χ3v) is 2.97. The largest absolute Gasteiger partial charge is 0.417 e. The number of nitrogens with zero attached hydrogens (tertiary/aromatic N) is 2. The Morgan fingerprint density at radius 2 is 1.91 bits per heavy atom. The summed E-state index contributed by atoms with van der Waals surface area (Å²) in [5.74, 6) is 0.888. The summed E-state index contributed by atoms with van der Waals surface area (Å²) >= 11 is 5.57. The first-order valence-corrected chi connectivity index (χ1v) is 6.58. The number of hydrogen-bond donors (Lipinski definition) is 2. The van der Waals surface area contributed by atoms with E-state index in [2.05, 4.69) is 27.2 Å². The van der Waals surface area contributed by atoms with Crippen LogP contribution in [0.15, 0.2) is 43.2 Å². The average Bonchev–Trinajstić information content (AvgIpc) is 2.46. The van der Waals surface area contributed by atoms with Crippen LogP contribution in [-0.2, 0) is 6.18 Å². The van der Waals surface area contributed by atoms with Gasteiger partial charge in [-0.15, -0.1) is 6.58 Å². The van der Waals surface area contributed by atoms with Crippen molar-refractivity contribution < 1.29 is 13.2 Å². The van der Waals surface area contributed by atoms with Gasteiger partial charge in [0.05, 0.1) is 10.6 Å². The minimum absolute atomic E-state index is 0.227. The molecule has 4 nitrogen and oxygen atoms in total. The fourth-order valence-electron chi connectivity index (χ4n) is 1.67. The Hall–Kier alpha value is -2.28. The van der Waals surface area contributed by atoms with Crippen molar-refractivity contribution in [1.29, 1.82) is 0 Å². The van der Waals surface area contributed by atoms with Crippen LogP contribution >= 0.6 is 11.6 Å². The molecular formula is C14H12ClF3N4. The summed E-state index contributed by atoms with van der Waals surface area (Å²) in [6, 6.07) is 5.13. The van der Waals surface area contributed by atoms with Gasteiger partial charge in [0.1, 0.15) is 18.0 Å². The summed E-state index contributed by atoms with van der Waals surface area (Å²) in [5.41, 5.74) is -0.677. The number of benzene rings is 1. The summed E-state index contributed by atoms with van der Waals surface area (Å²) in [6.07, 6.45) is -1.56. The Bertz CT molecular complexity index is 673. The number of rotatable bonds is 5. The zero-order chi connectivity index (χ0) is 16.2. The van der Waals surface area contributed by atoms with Gasteiger partial charge in [-0.25, -0.2) is 9.97 Å². The van der Waals surface area contributed by atoms with Crippen molar-refractivity contribution in [2.24, 2.45) is 0 Å². The van der Waals surface area contributed by atoms with Gasteiger partial charge in [0.2, 0.25) is 0 Å². The molecular weight excluding hydrogens is 317 g/mol. The second-order valence-corrected chi connectivity index (χ2v) is 4.68. The molecule has 0 fully saturated rings. The molecule has 0 aliphatic rings. The average molecular weight is 329 g/mol. The van der Waals surface area contributed by atoms with Crippen molar-refractivity contribution in [3.8, 4) is 0 Å². The maximum atomic E-state index is 12.8. The Morgan fingerprint density at radius 3 is 2.59 bits per heavy atom. The molecule has 22 heavy (non-hydrogen) atoms. The molecule has 2 N–H and O–H groups in total. The van der Waals surface area contributed by atoms with Gasteiger partial charge in [0, 0.05) is 18.3 Å². The predicted octanol–water partition coefficient (Wildman–Crippen LogP) is 4.49. The van der Waals surface area contributed by atoms with Crippen molar-refractivity contribution in [3.05, 3.63) is 53.8 Å². The maximum absolute atomic E-state index is 12.8. The molecule has 1 aromatic heterocycles. The highest BCUT2D eigenvalue weighted by Crippen LogP contribution is 2.36. The van der Waals surface area contributed by atoms with Gasteiger partial charge in [-0.2, -0.15) is 13.2 Å². The summed E-state index contributed by atoms with van der Waals surface area (Å²) < 4.78 is 38.4. The molecule has 0 radical (unpaired) electrons. The second kappa shape index (κ2) is 6.65. The van der Waals surface area contributed by atoms with E-state index in [9.17, 15) is 13.2 Å². The molecule has 0 bridgehead atoms. The topological polar surface area (TPSA) is 49.8 Å². The number of nitrogens with one attached hydrogen (secondary N) is 2. The minimum Gasteiger partial charge on any atom is -0.366 e. The number of hydrogen-bond acceptors (Lipinski definition) is 4. The van der Waals surface area contributed by atoms with Gasteiger partial charge in [-0.3, -0.25) is 0 Å². The van der Waals surface area contributed by atoms with E-state index in [4.69, 9.17) is 11.6 Å². The molecule has 1 heterocycles. The van der Waals surface area contributed by atoms with Gasteiger partial charge < -0.3 is 10.6 Å². The molecule has 0 atom stereocenters. The van der Waals surface area contributed by atoms with Crippen LogP contribution in [-0.4, -0.2) is 16.5 Å². The van der Waals surface area contributed by atoms with Gasteiger partial charge in [0.15, 0.2) is 0 Å². The van der Waals surface area contributed by atoms with Crippen molar-refractivity contribution in [3.63, 3.8) is 0 Å². The van der Waals surface area contributed by atoms with Gasteiger partial charge in [-0.05, 0) is 18.2 Å². The molecule has 2 rings (SSSR count). The molecule has 2 aromatic rings. The van der Waals surface area contributed by atoms with Crippen LogP contribution in [0.25, 0.3) is 0 Å². The van der Waals surface area contributed by atoms with Crippen LogP contribution in [0.4, 0.5) is 30.5 Å². The third-order valence-electron chi connectivity index (χ3n) is 2.64. The first-order chi connectivity index (χ1) is 10.4. The molecule has 0 amide bonds. The molecule has 0 unspecified atom stereocenters. The van der Waals surface area contributed by atoms with E-state index >= 15 is 0 Å². The molecule has 0 spiro atoms. The van der Waals surface area contributed by atoms with E-state index in [1.807, 2.05) is 0 Å². The monoisotopic (exact) mass is 328 g/mol. The van der Waals surface area contributed by atoms with Crippen LogP contribution in [0.2, 0.25) is 5.02 Å². The Morgan fingerprint density at radius 1 is 1.18 bits per heavy atom. The molecule has 1 aromatic carbocycles. The quantitative estimate of drug-likeness (QED) is 0.794. The number of aromatic nitrogens is 2. The minimum atomic E-state index is -4.52. The van der Waals surface area contributed by atoms with Crippen molar-refractivity contribution in [2.45, 2.75) is 6.18 Å². The highest BCUT2D eigenvalue weighted by Gasteiger charge is 2.33.